The molecule has 0 saturated heterocycles. The summed E-state index contributed by atoms with van der Waals surface area (Å²) in [5.41, 5.74) is 5.58. The van der Waals surface area contributed by atoms with Crippen LogP contribution in [0, 0.1) is 29.1 Å². The summed E-state index contributed by atoms with van der Waals surface area (Å²) in [6.07, 6.45) is 3.00. The van der Waals surface area contributed by atoms with Crippen molar-refractivity contribution in [2.75, 3.05) is 6.54 Å². The van der Waals surface area contributed by atoms with E-state index in [-0.39, 0.29) is 11.2 Å². The minimum Gasteiger partial charge on any atom is -0.330 e. The fourth-order valence-electron chi connectivity index (χ4n) is 1.87. The Bertz CT molecular complexity index is 301. The Morgan fingerprint density at radius 2 is 1.83 bits per heavy atom. The summed E-state index contributed by atoms with van der Waals surface area (Å²) >= 11 is 0. The van der Waals surface area contributed by atoms with E-state index >= 15 is 0 Å². The molecule has 0 aliphatic carbocycles. The van der Waals surface area contributed by atoms with Crippen molar-refractivity contribution >= 4 is 5.78 Å². The standard InChI is InChI=1S/C16H29NO/c1-13(2)14(10-12-17)8-9-15(18)7-6-11-16(3,4)5/h13-14H,7-10,12,17H2,1-5H3. The molecule has 0 radical (unpaired) electrons. The van der Waals surface area contributed by atoms with Gasteiger partial charge in [0.05, 0.1) is 6.42 Å². The van der Waals surface area contributed by atoms with Crippen molar-refractivity contribution in [3.8, 4) is 11.8 Å². The van der Waals surface area contributed by atoms with E-state index < -0.39 is 0 Å². The van der Waals surface area contributed by atoms with E-state index in [9.17, 15) is 4.79 Å². The van der Waals surface area contributed by atoms with Crippen LogP contribution in [0.3, 0.4) is 0 Å². The number of hydrogen-bond donors (Lipinski definition) is 1. The smallest absolute Gasteiger partial charge is 0.144 e. The monoisotopic (exact) mass is 251 g/mol. The molecule has 2 heteroatoms. The molecular formula is C16H29NO. The lowest BCUT2D eigenvalue weighted by Crippen LogP contribution is -2.15. The molecule has 18 heavy (non-hydrogen) atoms. The van der Waals surface area contributed by atoms with E-state index in [4.69, 9.17) is 5.73 Å². The summed E-state index contributed by atoms with van der Waals surface area (Å²) in [5, 5.41) is 0. The molecule has 0 spiro atoms. The van der Waals surface area contributed by atoms with Crippen molar-refractivity contribution in [1.29, 1.82) is 0 Å². The Kier molecular flexibility index (Phi) is 7.95. The number of carbonyl (C=O) groups excluding carboxylic acids is 1. The van der Waals surface area contributed by atoms with Crippen molar-refractivity contribution in [3.05, 3.63) is 0 Å². The molecule has 0 aromatic heterocycles. The molecule has 0 aliphatic rings. The van der Waals surface area contributed by atoms with Crippen LogP contribution in [-0.4, -0.2) is 12.3 Å². The molecule has 0 aromatic carbocycles. The topological polar surface area (TPSA) is 43.1 Å². The molecule has 0 aromatic rings. The largest absolute Gasteiger partial charge is 0.330 e. The van der Waals surface area contributed by atoms with Gasteiger partial charge in [0.2, 0.25) is 0 Å². The van der Waals surface area contributed by atoms with Gasteiger partial charge in [0, 0.05) is 11.8 Å². The highest BCUT2D eigenvalue weighted by atomic mass is 16.1. The molecule has 1 unspecified atom stereocenters. The molecule has 0 amide bonds. The second-order valence-corrected chi connectivity index (χ2v) is 6.39. The average Bonchev–Trinajstić information content (AvgIpc) is 2.21. The Balaban J connectivity index is 4.05. The Labute approximate surface area is 113 Å². The van der Waals surface area contributed by atoms with E-state index in [0.29, 0.717) is 31.2 Å². The van der Waals surface area contributed by atoms with Crippen molar-refractivity contribution in [3.63, 3.8) is 0 Å². The number of carbonyl (C=O) groups is 1. The highest BCUT2D eigenvalue weighted by Gasteiger charge is 2.14. The Morgan fingerprint density at radius 3 is 2.28 bits per heavy atom. The summed E-state index contributed by atoms with van der Waals surface area (Å²) in [4.78, 5) is 11.7. The minimum absolute atomic E-state index is 0.0136. The van der Waals surface area contributed by atoms with Gasteiger partial charge in [-0.1, -0.05) is 25.7 Å². The van der Waals surface area contributed by atoms with Gasteiger partial charge in [-0.15, -0.1) is 0 Å². The van der Waals surface area contributed by atoms with E-state index in [0.717, 1.165) is 12.8 Å². The molecule has 0 saturated carbocycles. The van der Waals surface area contributed by atoms with E-state index in [1.807, 2.05) is 0 Å². The van der Waals surface area contributed by atoms with Crippen LogP contribution >= 0.6 is 0 Å². The van der Waals surface area contributed by atoms with Gasteiger partial charge in [-0.05, 0) is 52.0 Å². The second kappa shape index (κ2) is 8.32. The van der Waals surface area contributed by atoms with Gasteiger partial charge < -0.3 is 5.73 Å². The van der Waals surface area contributed by atoms with Crippen LogP contribution < -0.4 is 5.73 Å². The van der Waals surface area contributed by atoms with Crippen molar-refractivity contribution in [2.45, 2.75) is 60.3 Å². The second-order valence-electron chi connectivity index (χ2n) is 6.39. The summed E-state index contributed by atoms with van der Waals surface area (Å²) < 4.78 is 0. The average molecular weight is 251 g/mol. The first-order valence-electron chi connectivity index (χ1n) is 6.98. The summed E-state index contributed by atoms with van der Waals surface area (Å²) in [6, 6.07) is 0. The van der Waals surface area contributed by atoms with E-state index in [1.54, 1.807) is 0 Å². The van der Waals surface area contributed by atoms with Crippen molar-refractivity contribution in [1.82, 2.24) is 0 Å². The lowest BCUT2D eigenvalue weighted by molar-refractivity contribution is -0.118. The van der Waals surface area contributed by atoms with Crippen LogP contribution in [-0.2, 0) is 4.79 Å². The summed E-state index contributed by atoms with van der Waals surface area (Å²) in [7, 11) is 0. The van der Waals surface area contributed by atoms with Crippen LogP contribution in [0.4, 0.5) is 0 Å². The maximum absolute atomic E-state index is 11.7. The van der Waals surface area contributed by atoms with Crippen LogP contribution in [0.1, 0.15) is 60.3 Å². The molecule has 2 nitrogen and oxygen atoms in total. The Hall–Kier alpha value is -0.810. The van der Waals surface area contributed by atoms with Gasteiger partial charge in [-0.2, -0.15) is 0 Å². The van der Waals surface area contributed by atoms with Crippen molar-refractivity contribution < 1.29 is 4.79 Å². The van der Waals surface area contributed by atoms with Gasteiger partial charge in [-0.25, -0.2) is 0 Å². The predicted molar refractivity (Wildman–Crippen MR) is 78.1 cm³/mol. The quantitative estimate of drug-likeness (QED) is 0.705. The van der Waals surface area contributed by atoms with Gasteiger partial charge >= 0.3 is 0 Å². The SMILES string of the molecule is CC(C)C(CCN)CCC(=O)CC#CC(C)(C)C. The lowest BCUT2D eigenvalue weighted by atomic mass is 9.87. The zero-order valence-electron chi connectivity index (χ0n) is 12.7. The van der Waals surface area contributed by atoms with E-state index in [1.165, 1.54) is 0 Å². The van der Waals surface area contributed by atoms with Crippen molar-refractivity contribution in [2.24, 2.45) is 23.0 Å². The van der Waals surface area contributed by atoms with Crippen LogP contribution in [0.25, 0.3) is 0 Å². The zero-order chi connectivity index (χ0) is 14.2. The summed E-state index contributed by atoms with van der Waals surface area (Å²) in [6.45, 7) is 11.3. The van der Waals surface area contributed by atoms with Crippen LogP contribution in [0.15, 0.2) is 0 Å². The minimum atomic E-state index is -0.0136. The molecule has 0 heterocycles. The fraction of sp³-hybridized carbons (Fsp3) is 0.812. The molecule has 0 aliphatic heterocycles. The highest BCUT2D eigenvalue weighted by Crippen LogP contribution is 2.20. The first-order chi connectivity index (χ1) is 8.26. The molecule has 0 fully saturated rings. The maximum Gasteiger partial charge on any atom is 0.144 e. The molecule has 0 rings (SSSR count). The van der Waals surface area contributed by atoms with Gasteiger partial charge in [0.25, 0.3) is 0 Å². The predicted octanol–water partition coefficient (Wildman–Crippen LogP) is 3.40. The highest BCUT2D eigenvalue weighted by molar-refractivity contribution is 5.80. The number of hydrogen-bond acceptors (Lipinski definition) is 2. The third-order valence-corrected chi connectivity index (χ3v) is 3.02. The third-order valence-electron chi connectivity index (χ3n) is 3.02. The maximum atomic E-state index is 11.7. The van der Waals surface area contributed by atoms with Crippen LogP contribution in [0.2, 0.25) is 0 Å². The third kappa shape index (κ3) is 9.24. The summed E-state index contributed by atoms with van der Waals surface area (Å²) in [5.74, 6) is 7.51. The van der Waals surface area contributed by atoms with Gasteiger partial charge in [0.15, 0.2) is 0 Å². The Morgan fingerprint density at radius 1 is 1.22 bits per heavy atom. The first kappa shape index (κ1) is 17.2. The molecule has 104 valence electrons. The number of Topliss-reactive ketones (excluding diaryl/α,β-unsaturated/α-hetero) is 1. The first-order valence-corrected chi connectivity index (χ1v) is 6.98. The fourth-order valence-corrected chi connectivity index (χ4v) is 1.87. The number of rotatable bonds is 7. The van der Waals surface area contributed by atoms with Crippen LogP contribution in [0.5, 0.6) is 0 Å². The molecule has 1 atom stereocenters. The molecule has 2 N–H and O–H groups in total. The van der Waals surface area contributed by atoms with Gasteiger partial charge in [0.1, 0.15) is 5.78 Å². The normalized spacial score (nSPS) is 13.1. The number of nitrogens with two attached hydrogens (primary N) is 1. The zero-order valence-corrected chi connectivity index (χ0v) is 12.7. The molecule has 0 bridgehead atoms. The van der Waals surface area contributed by atoms with Gasteiger partial charge in [-0.3, -0.25) is 4.79 Å². The molecular weight excluding hydrogens is 222 g/mol. The lowest BCUT2D eigenvalue weighted by Gasteiger charge is -2.19. The van der Waals surface area contributed by atoms with E-state index in [2.05, 4.69) is 46.5 Å². The number of ketones is 1.